The second-order valence-electron chi connectivity index (χ2n) is 9.71. The number of anilines is 2. The summed E-state index contributed by atoms with van der Waals surface area (Å²) in [5.41, 5.74) is 15.3. The number of imidazole rings is 1. The smallest absolute Gasteiger partial charge is 0.207 e. The van der Waals surface area contributed by atoms with Crippen LogP contribution in [0.4, 0.5) is 11.8 Å². The number of unbranched alkanes of at least 4 members (excludes halogenated alkanes) is 2. The van der Waals surface area contributed by atoms with Gasteiger partial charge in [-0.1, -0.05) is 42.5 Å². The monoisotopic (exact) mass is 549 g/mol. The van der Waals surface area contributed by atoms with Gasteiger partial charge in [0.25, 0.3) is 0 Å². The van der Waals surface area contributed by atoms with Crippen LogP contribution in [0.5, 0.6) is 5.75 Å². The van der Waals surface area contributed by atoms with Crippen LogP contribution < -0.4 is 21.5 Å². The second kappa shape index (κ2) is 12.6. The Morgan fingerprint density at radius 1 is 1.00 bits per heavy atom. The number of nitrogens with zero attached hydrogens (tertiary/aromatic N) is 4. The molecule has 8 N–H and O–H groups in total. The summed E-state index contributed by atoms with van der Waals surface area (Å²) >= 11 is 0. The number of hydrogen-bond acceptors (Lipinski definition) is 11. The van der Waals surface area contributed by atoms with Crippen LogP contribution in [0, 0.1) is 0 Å². The number of ether oxygens (including phenoxy) is 2. The normalized spacial score (nSPS) is 20.7. The molecule has 0 spiro atoms. The van der Waals surface area contributed by atoms with Crippen LogP contribution in [0.25, 0.3) is 22.3 Å². The maximum Gasteiger partial charge on any atom is 0.207 e. The average molecular weight is 550 g/mol. The van der Waals surface area contributed by atoms with Gasteiger partial charge >= 0.3 is 0 Å². The van der Waals surface area contributed by atoms with Crippen LogP contribution in [0.2, 0.25) is 0 Å². The van der Waals surface area contributed by atoms with Gasteiger partial charge in [-0.2, -0.15) is 0 Å². The van der Waals surface area contributed by atoms with E-state index in [2.05, 4.69) is 20.3 Å². The highest BCUT2D eigenvalue weighted by Gasteiger charge is 2.45. The number of rotatable bonds is 12. The summed E-state index contributed by atoms with van der Waals surface area (Å²) in [7, 11) is 0. The lowest BCUT2D eigenvalue weighted by Crippen LogP contribution is -2.33. The number of fused-ring (bicyclic) bond motifs is 1. The number of aromatic nitrogens is 4. The summed E-state index contributed by atoms with van der Waals surface area (Å²) in [5, 5.41) is 34.0. The van der Waals surface area contributed by atoms with E-state index in [0.29, 0.717) is 36.8 Å². The third-order valence-corrected chi connectivity index (χ3v) is 6.99. The third kappa shape index (κ3) is 5.71. The topological polar surface area (TPSA) is 187 Å². The molecule has 0 amide bonds. The predicted octanol–water partition coefficient (Wildman–Crippen LogP) is 1.81. The number of nitrogens with two attached hydrogens (primary N) is 2. The van der Waals surface area contributed by atoms with Crippen molar-refractivity contribution in [2.75, 3.05) is 30.8 Å². The first kappa shape index (κ1) is 27.7. The Morgan fingerprint density at radius 3 is 2.58 bits per heavy atom. The summed E-state index contributed by atoms with van der Waals surface area (Å²) in [6.07, 6.45) is -0.530. The molecule has 4 atom stereocenters. The first-order valence-electron chi connectivity index (χ1n) is 13.4. The van der Waals surface area contributed by atoms with E-state index in [0.717, 1.165) is 41.7 Å². The number of aliphatic hydroxyl groups excluding tert-OH is 3. The van der Waals surface area contributed by atoms with Crippen LogP contribution in [0.1, 0.15) is 31.1 Å². The summed E-state index contributed by atoms with van der Waals surface area (Å²) < 4.78 is 13.5. The molecular formula is C28H35N7O5. The number of aliphatic hydroxyl groups is 3. The van der Waals surface area contributed by atoms with Crippen molar-refractivity contribution in [3.63, 3.8) is 0 Å². The van der Waals surface area contributed by atoms with Crippen molar-refractivity contribution in [2.24, 2.45) is 5.73 Å². The molecule has 12 heteroatoms. The van der Waals surface area contributed by atoms with Crippen LogP contribution >= 0.6 is 0 Å². The van der Waals surface area contributed by atoms with E-state index in [1.54, 1.807) is 0 Å². The standard InChI is InChI=1S/C28H35N7O5/c29-11-5-2-6-12-39-20-13-18(17-7-3-1-4-8-17)9-10-19(20)14-31-28-34-22-25(30)32-16-33-26(22)35(28)27-24(38)23(37)21(15-36)40-27/h1,3-4,7-10,13,16,21,23-24,27,36-38H,2,5-6,11-12,14-15,29H2,(H,31,34)(H2,30,32,33)/t21-,23-,24-,27-/m1/s1. The Morgan fingerprint density at radius 2 is 1.82 bits per heavy atom. The van der Waals surface area contributed by atoms with Gasteiger partial charge in [0, 0.05) is 12.1 Å². The molecule has 40 heavy (non-hydrogen) atoms. The van der Waals surface area contributed by atoms with Crippen molar-refractivity contribution in [2.45, 2.75) is 50.3 Å². The van der Waals surface area contributed by atoms with Crippen molar-refractivity contribution in [1.82, 2.24) is 19.5 Å². The third-order valence-electron chi connectivity index (χ3n) is 6.99. The quantitative estimate of drug-likeness (QED) is 0.141. The van der Waals surface area contributed by atoms with Crippen molar-refractivity contribution in [3.8, 4) is 16.9 Å². The highest BCUT2D eigenvalue weighted by Crippen LogP contribution is 2.36. The van der Waals surface area contributed by atoms with Gasteiger partial charge in [0.15, 0.2) is 23.2 Å². The van der Waals surface area contributed by atoms with E-state index >= 15 is 0 Å². The lowest BCUT2D eigenvalue weighted by Gasteiger charge is -2.20. The minimum absolute atomic E-state index is 0.159. The molecule has 5 rings (SSSR count). The average Bonchev–Trinajstić information content (AvgIpc) is 3.49. The van der Waals surface area contributed by atoms with E-state index in [-0.39, 0.29) is 5.82 Å². The number of benzene rings is 2. The van der Waals surface area contributed by atoms with Crippen LogP contribution in [-0.2, 0) is 11.3 Å². The first-order valence-corrected chi connectivity index (χ1v) is 13.4. The molecule has 212 valence electrons. The molecular weight excluding hydrogens is 514 g/mol. The Kier molecular flexibility index (Phi) is 8.72. The maximum absolute atomic E-state index is 10.7. The molecule has 12 nitrogen and oxygen atoms in total. The van der Waals surface area contributed by atoms with Gasteiger partial charge in [-0.3, -0.25) is 4.57 Å². The zero-order chi connectivity index (χ0) is 28.1. The molecule has 0 radical (unpaired) electrons. The summed E-state index contributed by atoms with van der Waals surface area (Å²) in [6, 6.07) is 16.1. The van der Waals surface area contributed by atoms with Gasteiger partial charge in [0.1, 0.15) is 30.4 Å². The largest absolute Gasteiger partial charge is 0.493 e. The Hall–Kier alpha value is -3.81. The van der Waals surface area contributed by atoms with E-state index < -0.39 is 31.1 Å². The predicted molar refractivity (Wildman–Crippen MR) is 150 cm³/mol. The van der Waals surface area contributed by atoms with E-state index in [1.807, 2.05) is 48.5 Å². The molecule has 3 heterocycles. The van der Waals surface area contributed by atoms with E-state index in [9.17, 15) is 15.3 Å². The summed E-state index contributed by atoms with van der Waals surface area (Å²) in [4.78, 5) is 12.9. The van der Waals surface area contributed by atoms with Gasteiger partial charge in [0.05, 0.1) is 13.2 Å². The molecule has 0 saturated carbocycles. The molecule has 1 saturated heterocycles. The lowest BCUT2D eigenvalue weighted by atomic mass is 10.0. The first-order chi connectivity index (χ1) is 19.5. The zero-order valence-electron chi connectivity index (χ0n) is 22.1. The molecule has 4 aromatic rings. The van der Waals surface area contributed by atoms with Gasteiger partial charge in [-0.15, -0.1) is 0 Å². The number of nitrogens with one attached hydrogen (secondary N) is 1. The van der Waals surface area contributed by atoms with Gasteiger partial charge in [0.2, 0.25) is 5.95 Å². The van der Waals surface area contributed by atoms with Crippen LogP contribution in [-0.4, -0.2) is 72.9 Å². The highest BCUT2D eigenvalue weighted by atomic mass is 16.6. The van der Waals surface area contributed by atoms with Crippen LogP contribution in [0.3, 0.4) is 0 Å². The summed E-state index contributed by atoms with van der Waals surface area (Å²) in [6.45, 7) is 1.07. The van der Waals surface area contributed by atoms with Gasteiger partial charge in [-0.25, -0.2) is 15.0 Å². The molecule has 2 aromatic heterocycles. The SMILES string of the molecule is NCCCCCOc1cc(-c2ccccc2)ccc1CNc1nc2c(N)ncnc2n1[C@@H]1O[C@H](CO)[C@@H](O)[C@H]1O. The molecule has 1 aliphatic heterocycles. The van der Waals surface area contributed by atoms with E-state index in [4.69, 9.17) is 20.9 Å². The molecule has 2 aromatic carbocycles. The van der Waals surface area contributed by atoms with Crippen molar-refractivity contribution >= 4 is 22.9 Å². The van der Waals surface area contributed by atoms with Crippen LogP contribution in [0.15, 0.2) is 54.9 Å². The summed E-state index contributed by atoms with van der Waals surface area (Å²) in [5.74, 6) is 1.20. The molecule has 0 bridgehead atoms. The lowest BCUT2D eigenvalue weighted by molar-refractivity contribution is -0.0501. The number of hydrogen-bond donors (Lipinski definition) is 6. The fourth-order valence-electron chi connectivity index (χ4n) is 4.81. The Bertz CT molecular complexity index is 1420. The van der Waals surface area contributed by atoms with Gasteiger partial charge < -0.3 is 41.6 Å². The minimum Gasteiger partial charge on any atom is -0.493 e. The molecule has 1 aliphatic rings. The van der Waals surface area contributed by atoms with Gasteiger partial charge in [-0.05, 0) is 43.0 Å². The Labute approximate surface area is 231 Å². The fraction of sp³-hybridized carbons (Fsp3) is 0.393. The Balaban J connectivity index is 1.45. The van der Waals surface area contributed by atoms with Crippen molar-refractivity contribution in [1.29, 1.82) is 0 Å². The van der Waals surface area contributed by atoms with E-state index in [1.165, 1.54) is 10.9 Å². The zero-order valence-corrected chi connectivity index (χ0v) is 22.1. The number of nitrogen functional groups attached to an aromatic ring is 1. The maximum atomic E-state index is 10.7. The molecule has 1 fully saturated rings. The molecule has 0 unspecified atom stereocenters. The van der Waals surface area contributed by atoms with Crippen molar-refractivity contribution in [3.05, 3.63) is 60.4 Å². The molecule has 0 aliphatic carbocycles. The van der Waals surface area contributed by atoms with Crippen molar-refractivity contribution < 1.29 is 24.8 Å². The highest BCUT2D eigenvalue weighted by molar-refractivity contribution is 5.84. The second-order valence-corrected chi connectivity index (χ2v) is 9.71. The minimum atomic E-state index is -1.33. The fourth-order valence-corrected chi connectivity index (χ4v) is 4.81.